The van der Waals surface area contributed by atoms with E-state index in [9.17, 15) is 0 Å². The van der Waals surface area contributed by atoms with Gasteiger partial charge in [0.2, 0.25) is 0 Å². The lowest BCUT2D eigenvalue weighted by atomic mass is 9.33. The smallest absolute Gasteiger partial charge is 0.255 e. The molecule has 0 bridgehead atoms. The zero-order chi connectivity index (χ0) is 22.1. The number of nitrogens with zero attached hydrogens (tertiary/aromatic N) is 1. The van der Waals surface area contributed by atoms with Crippen molar-refractivity contribution in [2.24, 2.45) is 0 Å². The third-order valence-corrected chi connectivity index (χ3v) is 8.63. The van der Waals surface area contributed by atoms with Gasteiger partial charge < -0.3 is 9.64 Å². The van der Waals surface area contributed by atoms with E-state index in [-0.39, 0.29) is 17.7 Å². The molecule has 0 fully saturated rings. The number of fused-ring (bicyclic) bond motifs is 4. The van der Waals surface area contributed by atoms with Crippen molar-refractivity contribution in [3.05, 3.63) is 70.5 Å². The van der Waals surface area contributed by atoms with Crippen LogP contribution in [0.3, 0.4) is 0 Å². The lowest BCUT2D eigenvalue weighted by molar-refractivity contribution is 0.245. The fraction of sp³-hybridized carbons (Fsp3) is 0.429. The van der Waals surface area contributed by atoms with Crippen molar-refractivity contribution in [1.82, 2.24) is 0 Å². The molecule has 3 aliphatic rings. The molecule has 2 unspecified atom stereocenters. The minimum Gasteiger partial charge on any atom is -0.458 e. The Hall–Kier alpha value is -2.42. The van der Waals surface area contributed by atoms with Gasteiger partial charge in [0.15, 0.2) is 0 Å². The molecule has 0 amide bonds. The molecule has 0 aliphatic carbocycles. The molecule has 3 heterocycles. The Bertz CT molecular complexity index is 1150. The molecular formula is C28H34BNO. The topological polar surface area (TPSA) is 12.5 Å². The maximum atomic E-state index is 6.56. The first-order valence-corrected chi connectivity index (χ1v) is 11.9. The highest BCUT2D eigenvalue weighted by molar-refractivity contribution is 6.94. The first-order chi connectivity index (χ1) is 14.8. The van der Waals surface area contributed by atoms with E-state index in [2.05, 4.69) is 95.8 Å². The number of ether oxygens (including phenoxy) is 1. The molecule has 2 atom stereocenters. The number of hydrogen-bond acceptors (Lipinski definition) is 2. The van der Waals surface area contributed by atoms with E-state index in [0.717, 1.165) is 17.9 Å². The van der Waals surface area contributed by atoms with Gasteiger partial charge in [-0.05, 0) is 74.1 Å². The van der Waals surface area contributed by atoms with Gasteiger partial charge >= 0.3 is 0 Å². The fourth-order valence-electron chi connectivity index (χ4n) is 6.81. The molecule has 0 saturated carbocycles. The first-order valence-electron chi connectivity index (χ1n) is 11.9. The van der Waals surface area contributed by atoms with E-state index in [1.807, 2.05) is 0 Å². The van der Waals surface area contributed by atoms with Crippen molar-refractivity contribution in [2.45, 2.75) is 78.7 Å². The Kier molecular flexibility index (Phi) is 4.49. The van der Waals surface area contributed by atoms with Crippen LogP contribution in [0.15, 0.2) is 59.4 Å². The highest BCUT2D eigenvalue weighted by atomic mass is 16.5. The summed E-state index contributed by atoms with van der Waals surface area (Å²) in [7, 11) is 0. The number of aryl methyl sites for hydroxylation is 1. The molecule has 0 aromatic heterocycles. The predicted octanol–water partition coefficient (Wildman–Crippen LogP) is 5.77. The van der Waals surface area contributed by atoms with E-state index in [1.165, 1.54) is 51.8 Å². The van der Waals surface area contributed by atoms with Crippen LogP contribution >= 0.6 is 0 Å². The number of anilines is 1. The van der Waals surface area contributed by atoms with Crippen LogP contribution in [0.1, 0.15) is 71.9 Å². The van der Waals surface area contributed by atoms with Gasteiger partial charge in [0.05, 0.1) is 5.54 Å². The Balaban J connectivity index is 1.89. The van der Waals surface area contributed by atoms with Crippen molar-refractivity contribution < 1.29 is 4.74 Å². The summed E-state index contributed by atoms with van der Waals surface area (Å²) in [5.41, 5.74) is 9.77. The molecule has 0 spiro atoms. The molecule has 160 valence electrons. The third kappa shape index (κ3) is 2.35. The fourth-order valence-corrected chi connectivity index (χ4v) is 6.81. The van der Waals surface area contributed by atoms with Crippen molar-refractivity contribution in [1.29, 1.82) is 0 Å². The number of para-hydroxylation sites is 2. The maximum absolute atomic E-state index is 6.56. The van der Waals surface area contributed by atoms with E-state index >= 15 is 0 Å². The van der Waals surface area contributed by atoms with Gasteiger partial charge in [0, 0.05) is 16.8 Å². The van der Waals surface area contributed by atoms with Crippen molar-refractivity contribution >= 4 is 23.3 Å². The molecule has 0 N–H and O–H groups in total. The van der Waals surface area contributed by atoms with Gasteiger partial charge in [-0.2, -0.15) is 0 Å². The molecular weight excluding hydrogens is 377 g/mol. The SMILES string of the molecule is C/C=C1/Oc2c(C)cccc2B2C1=C(C)N1c3c2cccc3C(C)(CC)C1(C)CCC. The van der Waals surface area contributed by atoms with Gasteiger partial charge in [-0.1, -0.05) is 63.6 Å². The summed E-state index contributed by atoms with van der Waals surface area (Å²) in [4.78, 5) is 2.70. The second-order valence-electron chi connectivity index (χ2n) is 9.97. The predicted molar refractivity (Wildman–Crippen MR) is 133 cm³/mol. The van der Waals surface area contributed by atoms with Crippen molar-refractivity contribution in [3.63, 3.8) is 0 Å². The standard InChI is InChI=1S/C28H34BNO/c1-8-17-28(7)27(6,10-3)20-14-12-15-21-25(20)30(28)19(5)24-23(9-2)31-26-18(4)13-11-16-22(26)29(21)24/h9,11-16H,8,10,17H2,1-7H3/b23-9+. The monoisotopic (exact) mass is 411 g/mol. The second-order valence-corrected chi connectivity index (χ2v) is 9.97. The molecule has 3 heteroatoms. The molecule has 0 radical (unpaired) electrons. The molecule has 3 aliphatic heterocycles. The average Bonchev–Trinajstić information content (AvgIpc) is 2.97. The Morgan fingerprint density at radius 1 is 1.03 bits per heavy atom. The largest absolute Gasteiger partial charge is 0.458 e. The molecule has 0 saturated heterocycles. The maximum Gasteiger partial charge on any atom is 0.255 e. The van der Waals surface area contributed by atoms with Crippen LogP contribution in [-0.4, -0.2) is 12.3 Å². The van der Waals surface area contributed by atoms with E-state index < -0.39 is 0 Å². The molecule has 5 rings (SSSR count). The van der Waals surface area contributed by atoms with Crippen molar-refractivity contribution in [3.8, 4) is 5.75 Å². The van der Waals surface area contributed by atoms with Gasteiger partial charge in [-0.25, -0.2) is 0 Å². The summed E-state index contributed by atoms with van der Waals surface area (Å²) in [6.07, 6.45) is 5.63. The number of hydrogen-bond donors (Lipinski definition) is 0. The van der Waals surface area contributed by atoms with Crippen LogP contribution in [0.4, 0.5) is 5.69 Å². The van der Waals surface area contributed by atoms with Gasteiger partial charge in [0.1, 0.15) is 11.5 Å². The molecule has 2 aromatic rings. The van der Waals surface area contributed by atoms with Gasteiger partial charge in [-0.15, -0.1) is 0 Å². The van der Waals surface area contributed by atoms with Gasteiger partial charge in [0.25, 0.3) is 6.71 Å². The first kappa shape index (κ1) is 20.5. The van der Waals surface area contributed by atoms with Crippen LogP contribution < -0.4 is 20.6 Å². The van der Waals surface area contributed by atoms with Crippen LogP contribution in [0.2, 0.25) is 0 Å². The zero-order valence-corrected chi connectivity index (χ0v) is 20.1. The Labute approximate surface area is 188 Å². The second kappa shape index (κ2) is 6.79. The number of rotatable bonds is 3. The normalized spacial score (nSPS) is 27.3. The average molecular weight is 411 g/mol. The zero-order valence-electron chi connectivity index (χ0n) is 20.1. The summed E-state index contributed by atoms with van der Waals surface area (Å²) < 4.78 is 6.56. The molecule has 2 aromatic carbocycles. The van der Waals surface area contributed by atoms with E-state index in [4.69, 9.17) is 4.74 Å². The lowest BCUT2D eigenvalue weighted by Crippen LogP contribution is -2.59. The lowest BCUT2D eigenvalue weighted by Gasteiger charge is -2.50. The minimum absolute atomic E-state index is 0.0444. The van der Waals surface area contributed by atoms with E-state index in [0.29, 0.717) is 0 Å². The molecule has 2 nitrogen and oxygen atoms in total. The highest BCUT2D eigenvalue weighted by Gasteiger charge is 2.59. The van der Waals surface area contributed by atoms with Crippen LogP contribution in [0.25, 0.3) is 0 Å². The quantitative estimate of drug-likeness (QED) is 0.595. The summed E-state index contributed by atoms with van der Waals surface area (Å²) in [6, 6.07) is 13.6. The Morgan fingerprint density at radius 2 is 1.74 bits per heavy atom. The highest BCUT2D eigenvalue weighted by Crippen LogP contribution is 2.58. The van der Waals surface area contributed by atoms with Crippen LogP contribution in [-0.2, 0) is 5.41 Å². The van der Waals surface area contributed by atoms with Gasteiger partial charge in [-0.3, -0.25) is 0 Å². The van der Waals surface area contributed by atoms with E-state index in [1.54, 1.807) is 0 Å². The summed E-state index contributed by atoms with van der Waals surface area (Å²) in [5, 5.41) is 0. The summed E-state index contributed by atoms with van der Waals surface area (Å²) in [6.45, 7) is 16.5. The third-order valence-electron chi connectivity index (χ3n) is 8.63. The molecule has 31 heavy (non-hydrogen) atoms. The Morgan fingerprint density at radius 3 is 2.42 bits per heavy atom. The van der Waals surface area contributed by atoms with Crippen LogP contribution in [0.5, 0.6) is 5.75 Å². The summed E-state index contributed by atoms with van der Waals surface area (Å²) >= 11 is 0. The van der Waals surface area contributed by atoms with Crippen LogP contribution in [0, 0.1) is 6.92 Å². The minimum atomic E-state index is 0.0444. The van der Waals surface area contributed by atoms with Crippen molar-refractivity contribution in [2.75, 3.05) is 4.90 Å². The number of benzene rings is 2. The summed E-state index contributed by atoms with van der Waals surface area (Å²) in [5.74, 6) is 2.06. The number of allylic oxidation sites excluding steroid dienone is 3.